The van der Waals surface area contributed by atoms with Crippen LogP contribution < -0.4 is 10.1 Å². The summed E-state index contributed by atoms with van der Waals surface area (Å²) >= 11 is 6.30. The maximum atomic E-state index is 13.5. The number of rotatable bonds is 1. The van der Waals surface area contributed by atoms with Crippen molar-refractivity contribution >= 4 is 29.1 Å². The van der Waals surface area contributed by atoms with E-state index in [1.54, 1.807) is 50.8 Å². The Labute approximate surface area is 222 Å². The van der Waals surface area contributed by atoms with E-state index in [4.69, 9.17) is 21.1 Å². The van der Waals surface area contributed by atoms with Gasteiger partial charge in [-0.15, -0.1) is 5.10 Å². The Bertz CT molecular complexity index is 1520. The highest BCUT2D eigenvalue weighted by molar-refractivity contribution is 6.32. The van der Waals surface area contributed by atoms with E-state index in [0.29, 0.717) is 58.5 Å². The molecule has 2 aliphatic rings. The molecule has 0 unspecified atom stereocenters. The first-order chi connectivity index (χ1) is 18.5. The van der Waals surface area contributed by atoms with E-state index >= 15 is 0 Å². The van der Waals surface area contributed by atoms with Crippen molar-refractivity contribution in [2.24, 2.45) is 0 Å². The van der Waals surface area contributed by atoms with Gasteiger partial charge >= 0.3 is 0 Å². The number of benzene rings is 1. The molecule has 13 heteroatoms. The molecule has 0 saturated carbocycles. The summed E-state index contributed by atoms with van der Waals surface area (Å²) in [5.41, 5.74) is 2.85. The van der Waals surface area contributed by atoms with E-state index in [1.165, 1.54) is 0 Å². The fraction of sp³-hybridized carbons (Fsp3) is 0.360. The lowest BCUT2D eigenvalue weighted by Gasteiger charge is -2.20. The summed E-state index contributed by atoms with van der Waals surface area (Å²) in [5, 5.41) is 16.0. The zero-order chi connectivity index (χ0) is 26.2. The first-order valence-corrected chi connectivity index (χ1v) is 12.7. The van der Waals surface area contributed by atoms with E-state index < -0.39 is 12.1 Å². The molecule has 1 N–H and O–H groups in total. The number of amides is 2. The van der Waals surface area contributed by atoms with Crippen molar-refractivity contribution < 1.29 is 19.1 Å². The lowest BCUT2D eigenvalue weighted by Crippen LogP contribution is -2.44. The average molecular weight is 537 g/mol. The summed E-state index contributed by atoms with van der Waals surface area (Å²) in [5.74, 6) is -0.0938. The maximum Gasteiger partial charge on any atom is 0.257 e. The molecule has 4 bridgehead atoms. The smallest absolute Gasteiger partial charge is 0.257 e. The van der Waals surface area contributed by atoms with Crippen molar-refractivity contribution in [3.8, 4) is 5.75 Å². The molecule has 3 aromatic heterocycles. The summed E-state index contributed by atoms with van der Waals surface area (Å²) in [6, 6.07) is 6.22. The standard InChI is InChI=1S/C25H25ClN8O4/c1-15-18(10-27-23-5-6-28-34(15)23)25(36)32-12-20-22(13-32)38-14-17-11-33(31-30-17)7-2-8-37-21-9-16(24(35)29-20)3-4-19(21)26/h3-6,9-11,20,22H,2,7-8,12-14H2,1H3,(H,29,35)/t20-,22-/m0/s1. The minimum atomic E-state index is -0.467. The fourth-order valence-corrected chi connectivity index (χ4v) is 4.91. The number of aromatic nitrogens is 6. The average Bonchev–Trinajstić information content (AvgIpc) is 3.66. The Hall–Kier alpha value is -4.03. The summed E-state index contributed by atoms with van der Waals surface area (Å²) in [6.07, 6.45) is 5.23. The monoisotopic (exact) mass is 536 g/mol. The second kappa shape index (κ2) is 10.0. The van der Waals surface area contributed by atoms with Gasteiger partial charge in [0.1, 0.15) is 11.4 Å². The SMILES string of the molecule is Cc1c(C(=O)N2C[C@@H]3NC(=O)c4ccc(Cl)c(c4)OCCCn4cc(nn4)CO[C@H]3C2)cnc2ccnn12. The van der Waals surface area contributed by atoms with Crippen LogP contribution in [0.2, 0.25) is 5.02 Å². The number of ether oxygens (including phenoxy) is 2. The van der Waals surface area contributed by atoms with Crippen LogP contribution in [-0.2, 0) is 17.9 Å². The van der Waals surface area contributed by atoms with E-state index in [2.05, 4.69) is 25.7 Å². The number of nitrogens with one attached hydrogen (secondary N) is 1. The summed E-state index contributed by atoms with van der Waals surface area (Å²) in [7, 11) is 0. The highest BCUT2D eigenvalue weighted by atomic mass is 35.5. The van der Waals surface area contributed by atoms with Gasteiger partial charge in [-0.05, 0) is 25.1 Å². The number of halogens is 1. The molecular formula is C25H25ClN8O4. The molecule has 5 heterocycles. The molecular weight excluding hydrogens is 512 g/mol. The van der Waals surface area contributed by atoms with Crippen molar-refractivity contribution in [2.75, 3.05) is 19.7 Å². The first kappa shape index (κ1) is 24.3. The van der Waals surface area contributed by atoms with Gasteiger partial charge in [-0.25, -0.2) is 9.50 Å². The third-order valence-electron chi connectivity index (χ3n) is 6.77. The molecule has 1 fully saturated rings. The molecule has 0 radical (unpaired) electrons. The van der Waals surface area contributed by atoms with Crippen molar-refractivity contribution in [1.82, 2.24) is 39.8 Å². The zero-order valence-corrected chi connectivity index (χ0v) is 21.3. The molecule has 0 spiro atoms. The number of carbonyl (C=O) groups excluding carboxylic acids is 2. The van der Waals surface area contributed by atoms with Gasteiger partial charge in [-0.3, -0.25) is 14.3 Å². The predicted molar refractivity (Wildman–Crippen MR) is 135 cm³/mol. The minimum absolute atomic E-state index is 0.195. The molecule has 1 saturated heterocycles. The molecule has 12 nitrogen and oxygen atoms in total. The van der Waals surface area contributed by atoms with E-state index in [1.807, 2.05) is 13.1 Å². The lowest BCUT2D eigenvalue weighted by molar-refractivity contribution is 0.0291. The maximum absolute atomic E-state index is 13.5. The van der Waals surface area contributed by atoms with Crippen molar-refractivity contribution in [3.05, 3.63) is 70.4 Å². The Balaban J connectivity index is 1.28. The number of likely N-dealkylation sites (tertiary alicyclic amines) is 1. The normalized spacial score (nSPS) is 20.2. The largest absolute Gasteiger partial charge is 0.492 e. The van der Waals surface area contributed by atoms with Gasteiger partial charge in [0.2, 0.25) is 0 Å². The number of hydrogen-bond acceptors (Lipinski definition) is 8. The molecule has 196 valence electrons. The third kappa shape index (κ3) is 4.68. The van der Waals surface area contributed by atoms with Gasteiger partial charge in [0.15, 0.2) is 5.65 Å². The highest BCUT2D eigenvalue weighted by Gasteiger charge is 2.38. The molecule has 1 aromatic carbocycles. The summed E-state index contributed by atoms with van der Waals surface area (Å²) < 4.78 is 15.4. The van der Waals surface area contributed by atoms with E-state index in [-0.39, 0.29) is 31.5 Å². The van der Waals surface area contributed by atoms with Gasteiger partial charge in [0.05, 0.1) is 54.0 Å². The summed E-state index contributed by atoms with van der Waals surface area (Å²) in [4.78, 5) is 32.8. The molecule has 38 heavy (non-hydrogen) atoms. The van der Waals surface area contributed by atoms with Gasteiger partial charge in [0, 0.05) is 43.9 Å². The van der Waals surface area contributed by atoms with Crippen molar-refractivity contribution in [2.45, 2.75) is 38.6 Å². The van der Waals surface area contributed by atoms with Crippen LogP contribution >= 0.6 is 11.6 Å². The van der Waals surface area contributed by atoms with Gasteiger partial charge < -0.3 is 19.7 Å². The lowest BCUT2D eigenvalue weighted by atomic mass is 10.1. The molecule has 2 aliphatic heterocycles. The van der Waals surface area contributed by atoms with Crippen LogP contribution in [0.5, 0.6) is 5.75 Å². The number of carbonyl (C=O) groups is 2. The first-order valence-electron chi connectivity index (χ1n) is 12.3. The molecule has 6 rings (SSSR count). The van der Waals surface area contributed by atoms with Crippen LogP contribution in [-0.4, -0.2) is 78.1 Å². The second-order valence-corrected chi connectivity index (χ2v) is 9.73. The molecule has 2 amide bonds. The number of hydrogen-bond donors (Lipinski definition) is 1. The molecule has 0 aliphatic carbocycles. The number of aryl methyl sites for hydroxylation is 2. The van der Waals surface area contributed by atoms with Crippen LogP contribution in [0, 0.1) is 6.92 Å². The fourth-order valence-electron chi connectivity index (χ4n) is 4.74. The minimum Gasteiger partial charge on any atom is -0.492 e. The van der Waals surface area contributed by atoms with Gasteiger partial charge in [0.25, 0.3) is 11.8 Å². The quantitative estimate of drug-likeness (QED) is 0.390. The zero-order valence-electron chi connectivity index (χ0n) is 20.6. The van der Waals surface area contributed by atoms with Crippen LogP contribution in [0.25, 0.3) is 5.65 Å². The Kier molecular flexibility index (Phi) is 6.42. The van der Waals surface area contributed by atoms with Crippen molar-refractivity contribution in [1.29, 1.82) is 0 Å². The van der Waals surface area contributed by atoms with Crippen LogP contribution in [0.1, 0.15) is 38.5 Å². The van der Waals surface area contributed by atoms with Crippen LogP contribution in [0.3, 0.4) is 0 Å². The van der Waals surface area contributed by atoms with Gasteiger partial charge in [-0.1, -0.05) is 16.8 Å². The van der Waals surface area contributed by atoms with Gasteiger partial charge in [-0.2, -0.15) is 5.10 Å². The molecule has 4 aromatic rings. The van der Waals surface area contributed by atoms with E-state index in [9.17, 15) is 9.59 Å². The third-order valence-corrected chi connectivity index (χ3v) is 7.08. The predicted octanol–water partition coefficient (Wildman–Crippen LogP) is 1.90. The Morgan fingerprint density at radius 3 is 3.03 bits per heavy atom. The second-order valence-electron chi connectivity index (χ2n) is 9.32. The molecule has 2 atom stereocenters. The Morgan fingerprint density at radius 2 is 2.13 bits per heavy atom. The number of fused-ring (bicyclic) bond motifs is 6. The van der Waals surface area contributed by atoms with E-state index in [0.717, 1.165) is 0 Å². The van der Waals surface area contributed by atoms with Crippen molar-refractivity contribution in [3.63, 3.8) is 0 Å². The summed E-state index contributed by atoms with van der Waals surface area (Å²) in [6.45, 7) is 3.57. The topological polar surface area (TPSA) is 129 Å². The van der Waals surface area contributed by atoms with Crippen LogP contribution in [0.15, 0.2) is 42.9 Å². The highest BCUT2D eigenvalue weighted by Crippen LogP contribution is 2.27. The van der Waals surface area contributed by atoms with Crippen LogP contribution in [0.4, 0.5) is 0 Å². The number of nitrogens with zero attached hydrogens (tertiary/aromatic N) is 7. The Morgan fingerprint density at radius 1 is 1.24 bits per heavy atom.